The van der Waals surface area contributed by atoms with E-state index in [9.17, 15) is 0 Å². The fourth-order valence-corrected chi connectivity index (χ4v) is 2.80. The van der Waals surface area contributed by atoms with E-state index >= 15 is 0 Å². The topological polar surface area (TPSA) is 56.3 Å². The number of aryl methyl sites for hydroxylation is 2. The Morgan fingerprint density at radius 1 is 1.50 bits per heavy atom. The van der Waals surface area contributed by atoms with E-state index in [0.29, 0.717) is 11.7 Å². The fraction of sp³-hybridized carbons (Fsp3) is 0.571. The minimum absolute atomic E-state index is 0.140. The summed E-state index contributed by atoms with van der Waals surface area (Å²) in [6.07, 6.45) is 5.31. The van der Waals surface area contributed by atoms with Gasteiger partial charge in [-0.25, -0.2) is 0 Å². The molecule has 0 radical (unpaired) electrons. The van der Waals surface area contributed by atoms with Gasteiger partial charge >= 0.3 is 0 Å². The summed E-state index contributed by atoms with van der Waals surface area (Å²) in [6.45, 7) is 3.60. The van der Waals surface area contributed by atoms with Crippen LogP contribution in [0.25, 0.3) is 0 Å². The van der Waals surface area contributed by atoms with E-state index in [2.05, 4.69) is 38.1 Å². The molecule has 0 spiro atoms. The van der Waals surface area contributed by atoms with E-state index in [0.717, 1.165) is 19.5 Å². The van der Waals surface area contributed by atoms with Crippen molar-refractivity contribution in [2.45, 2.75) is 32.0 Å². The number of rotatable bonds is 4. The fourth-order valence-electron chi connectivity index (χ4n) is 2.80. The number of methoxy groups -OCH3 is 1. The lowest BCUT2D eigenvalue weighted by Gasteiger charge is -2.20. The van der Waals surface area contributed by atoms with Crippen LogP contribution in [0, 0.1) is 6.92 Å². The van der Waals surface area contributed by atoms with Crippen LogP contribution in [0.5, 0.6) is 0 Å². The van der Waals surface area contributed by atoms with E-state index in [1.54, 1.807) is 7.11 Å². The van der Waals surface area contributed by atoms with Crippen LogP contribution in [0.15, 0.2) is 23.0 Å². The Morgan fingerprint density at radius 2 is 2.35 bits per heavy atom. The Hall–Kier alpha value is -1.66. The third-order valence-corrected chi connectivity index (χ3v) is 3.81. The molecule has 1 aliphatic heterocycles. The second-order valence-electron chi connectivity index (χ2n) is 5.40. The molecule has 0 aromatic carbocycles. The first kappa shape index (κ1) is 13.3. The molecule has 0 bridgehead atoms. The molecule has 0 unspecified atom stereocenters. The first-order chi connectivity index (χ1) is 9.65. The smallest absolute Gasteiger partial charge is 0.244 e. The third-order valence-electron chi connectivity index (χ3n) is 3.81. The van der Waals surface area contributed by atoms with Crippen LogP contribution in [0.3, 0.4) is 0 Å². The summed E-state index contributed by atoms with van der Waals surface area (Å²) in [5, 5.41) is 3.90. The Labute approximate surface area is 118 Å². The van der Waals surface area contributed by atoms with Gasteiger partial charge in [0.25, 0.3) is 0 Å². The van der Waals surface area contributed by atoms with Crippen molar-refractivity contribution in [3.05, 3.63) is 35.7 Å². The average molecular weight is 276 g/mol. The lowest BCUT2D eigenvalue weighted by molar-refractivity contribution is 0.107. The van der Waals surface area contributed by atoms with Gasteiger partial charge in [0.2, 0.25) is 5.89 Å². The molecule has 0 aliphatic carbocycles. The predicted octanol–water partition coefficient (Wildman–Crippen LogP) is 1.68. The van der Waals surface area contributed by atoms with Crippen molar-refractivity contribution in [1.29, 1.82) is 0 Å². The van der Waals surface area contributed by atoms with E-state index < -0.39 is 0 Å². The second kappa shape index (κ2) is 5.38. The van der Waals surface area contributed by atoms with Gasteiger partial charge in [0, 0.05) is 39.6 Å². The van der Waals surface area contributed by atoms with Crippen molar-refractivity contribution < 1.29 is 9.26 Å². The average Bonchev–Trinajstić information content (AvgIpc) is 3.11. The molecule has 1 saturated heterocycles. The van der Waals surface area contributed by atoms with Crippen LogP contribution in [0.1, 0.15) is 29.7 Å². The van der Waals surface area contributed by atoms with Crippen LogP contribution < -0.4 is 0 Å². The molecule has 2 aromatic rings. The molecular weight excluding hydrogens is 256 g/mol. The summed E-state index contributed by atoms with van der Waals surface area (Å²) >= 11 is 0. The second-order valence-corrected chi connectivity index (χ2v) is 5.40. The number of nitrogens with zero attached hydrogens (tertiary/aromatic N) is 4. The van der Waals surface area contributed by atoms with Crippen LogP contribution >= 0.6 is 0 Å². The van der Waals surface area contributed by atoms with Gasteiger partial charge in [0.15, 0.2) is 5.82 Å². The van der Waals surface area contributed by atoms with Crippen molar-refractivity contribution in [1.82, 2.24) is 19.6 Å². The van der Waals surface area contributed by atoms with Gasteiger partial charge in [0.1, 0.15) is 0 Å². The predicted molar refractivity (Wildman–Crippen MR) is 73.0 cm³/mol. The summed E-state index contributed by atoms with van der Waals surface area (Å²) < 4.78 is 12.9. The third kappa shape index (κ3) is 2.62. The van der Waals surface area contributed by atoms with Crippen LogP contribution in [0.2, 0.25) is 0 Å². The number of ether oxygens (including phenoxy) is 1. The van der Waals surface area contributed by atoms with E-state index in [-0.39, 0.29) is 12.1 Å². The molecule has 20 heavy (non-hydrogen) atoms. The minimum Gasteiger partial charge on any atom is -0.380 e. The maximum atomic E-state index is 5.51. The summed E-state index contributed by atoms with van der Waals surface area (Å²) in [7, 11) is 3.79. The van der Waals surface area contributed by atoms with Gasteiger partial charge in [-0.3, -0.25) is 4.90 Å². The summed E-state index contributed by atoms with van der Waals surface area (Å²) in [4.78, 5) is 6.72. The molecule has 1 fully saturated rings. The molecule has 2 aromatic heterocycles. The zero-order chi connectivity index (χ0) is 14.1. The molecule has 1 aliphatic rings. The molecule has 3 heterocycles. The molecule has 0 N–H and O–H groups in total. The summed E-state index contributed by atoms with van der Waals surface area (Å²) in [5.41, 5.74) is 1.28. The van der Waals surface area contributed by atoms with Gasteiger partial charge in [-0.05, 0) is 25.0 Å². The molecule has 0 saturated carbocycles. The van der Waals surface area contributed by atoms with Gasteiger partial charge in [0.05, 0.1) is 12.1 Å². The highest BCUT2D eigenvalue weighted by Gasteiger charge is 2.36. The number of hydrogen-bond donors (Lipinski definition) is 0. The SMILES string of the molecule is CO[C@@H]1C[C@H](c2nc(C)no2)N(Cc2ccn(C)c2)C1. The monoisotopic (exact) mass is 276 g/mol. The normalized spacial score (nSPS) is 23.6. The number of hydrogen-bond acceptors (Lipinski definition) is 5. The van der Waals surface area contributed by atoms with Crippen molar-refractivity contribution in [3.8, 4) is 0 Å². The van der Waals surface area contributed by atoms with Gasteiger partial charge in [-0.1, -0.05) is 5.16 Å². The molecule has 108 valence electrons. The van der Waals surface area contributed by atoms with Crippen LogP contribution in [0.4, 0.5) is 0 Å². The van der Waals surface area contributed by atoms with Crippen LogP contribution in [-0.4, -0.2) is 39.4 Å². The molecule has 6 heteroatoms. The molecule has 6 nitrogen and oxygen atoms in total. The first-order valence-electron chi connectivity index (χ1n) is 6.83. The van der Waals surface area contributed by atoms with Gasteiger partial charge < -0.3 is 13.8 Å². The largest absolute Gasteiger partial charge is 0.380 e. The lowest BCUT2D eigenvalue weighted by Crippen LogP contribution is -2.24. The quantitative estimate of drug-likeness (QED) is 0.850. The zero-order valence-corrected chi connectivity index (χ0v) is 12.1. The van der Waals surface area contributed by atoms with E-state index in [4.69, 9.17) is 9.26 Å². The highest BCUT2D eigenvalue weighted by molar-refractivity contribution is 5.11. The summed E-state index contributed by atoms with van der Waals surface area (Å²) in [5.74, 6) is 1.37. The molecular formula is C14H20N4O2. The number of aromatic nitrogens is 3. The standard InChI is InChI=1S/C14H20N4O2/c1-10-15-14(20-16-10)13-6-12(19-3)9-18(13)8-11-4-5-17(2)7-11/h4-5,7,12-13H,6,8-9H2,1-3H3/t12-,13-/m1/s1. The lowest BCUT2D eigenvalue weighted by atomic mass is 10.2. The first-order valence-corrected chi connectivity index (χ1v) is 6.83. The van der Waals surface area contributed by atoms with Crippen molar-refractivity contribution in [2.24, 2.45) is 7.05 Å². The Morgan fingerprint density at radius 3 is 2.95 bits per heavy atom. The van der Waals surface area contributed by atoms with Crippen molar-refractivity contribution >= 4 is 0 Å². The molecule has 0 amide bonds. The maximum absolute atomic E-state index is 5.51. The highest BCUT2D eigenvalue weighted by atomic mass is 16.5. The van der Waals surface area contributed by atoms with Crippen molar-refractivity contribution in [3.63, 3.8) is 0 Å². The van der Waals surface area contributed by atoms with Crippen LogP contribution in [-0.2, 0) is 18.3 Å². The Bertz CT molecular complexity index is 577. The van der Waals surface area contributed by atoms with E-state index in [1.807, 2.05) is 14.0 Å². The van der Waals surface area contributed by atoms with E-state index in [1.165, 1.54) is 5.56 Å². The Kier molecular flexibility index (Phi) is 3.58. The minimum atomic E-state index is 0.140. The van der Waals surface area contributed by atoms with Crippen molar-refractivity contribution in [2.75, 3.05) is 13.7 Å². The highest BCUT2D eigenvalue weighted by Crippen LogP contribution is 2.33. The zero-order valence-electron chi connectivity index (χ0n) is 12.1. The van der Waals surface area contributed by atoms with Gasteiger partial charge in [-0.15, -0.1) is 0 Å². The van der Waals surface area contributed by atoms with Gasteiger partial charge in [-0.2, -0.15) is 4.98 Å². The maximum Gasteiger partial charge on any atom is 0.244 e. The summed E-state index contributed by atoms with van der Waals surface area (Å²) in [6, 6.07) is 2.28. The number of likely N-dealkylation sites (tertiary alicyclic amines) is 1. The molecule has 3 rings (SSSR count). The molecule has 2 atom stereocenters. The Balaban J connectivity index is 1.79.